The number of nitrogens with zero attached hydrogens (tertiary/aromatic N) is 1. The Morgan fingerprint density at radius 2 is 1.90 bits per heavy atom. The van der Waals surface area contributed by atoms with Gasteiger partial charge in [0.25, 0.3) is 5.91 Å². The first kappa shape index (κ1) is 24.2. The number of amides is 2. The molecule has 0 unspecified atom stereocenters. The van der Waals surface area contributed by atoms with Gasteiger partial charge in [-0.05, 0) is 55.2 Å². The summed E-state index contributed by atoms with van der Waals surface area (Å²) in [5.41, 5.74) is 2.43. The topological polar surface area (TPSA) is 70.7 Å². The number of hydrogen-bond donors (Lipinski definition) is 2. The molecule has 30 heavy (non-hydrogen) atoms. The fraction of sp³-hybridized carbons (Fsp3) is 0.667. The van der Waals surface area contributed by atoms with Crippen LogP contribution >= 0.6 is 0 Å². The summed E-state index contributed by atoms with van der Waals surface area (Å²) in [6, 6.07) is 5.68. The summed E-state index contributed by atoms with van der Waals surface area (Å²) in [7, 11) is 1.65. The van der Waals surface area contributed by atoms with Crippen LogP contribution in [0.15, 0.2) is 18.2 Å². The van der Waals surface area contributed by atoms with Crippen LogP contribution in [0.2, 0.25) is 0 Å². The highest BCUT2D eigenvalue weighted by molar-refractivity contribution is 6.02. The Bertz CT molecular complexity index is 706. The number of ether oxygens (including phenoxy) is 1. The van der Waals surface area contributed by atoms with E-state index < -0.39 is 0 Å². The third-order valence-electron chi connectivity index (χ3n) is 5.28. The van der Waals surface area contributed by atoms with Crippen molar-refractivity contribution < 1.29 is 14.3 Å². The van der Waals surface area contributed by atoms with Gasteiger partial charge in [-0.25, -0.2) is 0 Å². The smallest absolute Gasteiger partial charge is 0.253 e. The molecule has 1 aromatic carbocycles. The number of nitrogens with one attached hydrogen (secondary N) is 2. The molecule has 0 aliphatic carbocycles. The van der Waals surface area contributed by atoms with Gasteiger partial charge in [-0.2, -0.15) is 0 Å². The van der Waals surface area contributed by atoms with Crippen molar-refractivity contribution in [3.05, 3.63) is 23.8 Å². The monoisotopic (exact) mass is 417 g/mol. The van der Waals surface area contributed by atoms with Gasteiger partial charge < -0.3 is 20.3 Å². The van der Waals surface area contributed by atoms with Crippen molar-refractivity contribution in [3.8, 4) is 0 Å². The van der Waals surface area contributed by atoms with Gasteiger partial charge in [0.15, 0.2) is 0 Å². The zero-order valence-corrected chi connectivity index (χ0v) is 19.3. The quantitative estimate of drug-likeness (QED) is 0.552. The molecule has 1 aliphatic rings. The molecule has 6 heteroatoms. The van der Waals surface area contributed by atoms with Crippen molar-refractivity contribution in [2.75, 3.05) is 43.6 Å². The van der Waals surface area contributed by atoms with E-state index in [1.807, 2.05) is 18.2 Å². The minimum Gasteiger partial charge on any atom is -0.385 e. The second-order valence-corrected chi connectivity index (χ2v) is 9.65. The van der Waals surface area contributed by atoms with Crippen LogP contribution < -0.4 is 15.5 Å². The molecular formula is C24H39N3O3. The SMILES string of the molecule is COCCCNC(=O)c1cc(NC(=O)C[C@H](C)CC(C)(C)C)ccc1N1CCCC1. The lowest BCUT2D eigenvalue weighted by Gasteiger charge is -2.23. The number of carbonyl (C=O) groups excluding carboxylic acids is 2. The van der Waals surface area contributed by atoms with Gasteiger partial charge in [-0.3, -0.25) is 9.59 Å². The lowest BCUT2D eigenvalue weighted by Crippen LogP contribution is -2.29. The minimum absolute atomic E-state index is 0.00729. The molecule has 0 radical (unpaired) electrons. The van der Waals surface area contributed by atoms with Gasteiger partial charge >= 0.3 is 0 Å². The van der Waals surface area contributed by atoms with Crippen molar-refractivity contribution in [3.63, 3.8) is 0 Å². The van der Waals surface area contributed by atoms with E-state index in [9.17, 15) is 9.59 Å². The maximum Gasteiger partial charge on any atom is 0.253 e. The van der Waals surface area contributed by atoms with E-state index in [1.54, 1.807) is 7.11 Å². The Hall–Kier alpha value is -2.08. The molecule has 1 aromatic rings. The minimum atomic E-state index is -0.106. The van der Waals surface area contributed by atoms with E-state index in [-0.39, 0.29) is 17.2 Å². The Balaban J connectivity index is 2.09. The van der Waals surface area contributed by atoms with E-state index in [2.05, 4.69) is 43.2 Å². The van der Waals surface area contributed by atoms with Crippen LogP contribution in [0.3, 0.4) is 0 Å². The zero-order chi connectivity index (χ0) is 22.1. The normalized spacial score (nSPS) is 15.2. The molecule has 2 amide bonds. The second kappa shape index (κ2) is 11.3. The second-order valence-electron chi connectivity index (χ2n) is 9.65. The lowest BCUT2D eigenvalue weighted by molar-refractivity contribution is -0.117. The molecule has 0 aromatic heterocycles. The third kappa shape index (κ3) is 7.98. The first-order valence-electron chi connectivity index (χ1n) is 11.2. The molecule has 1 aliphatic heterocycles. The molecule has 1 heterocycles. The number of hydrogen-bond acceptors (Lipinski definition) is 4. The van der Waals surface area contributed by atoms with E-state index >= 15 is 0 Å². The Morgan fingerprint density at radius 3 is 2.53 bits per heavy atom. The lowest BCUT2D eigenvalue weighted by atomic mass is 9.84. The van der Waals surface area contributed by atoms with E-state index in [4.69, 9.17) is 4.74 Å². The van der Waals surface area contributed by atoms with Crippen LogP contribution in [0.25, 0.3) is 0 Å². The van der Waals surface area contributed by atoms with Crippen molar-refractivity contribution in [1.29, 1.82) is 0 Å². The van der Waals surface area contributed by atoms with Gasteiger partial charge in [-0.15, -0.1) is 0 Å². The van der Waals surface area contributed by atoms with Crippen molar-refractivity contribution >= 4 is 23.2 Å². The van der Waals surface area contributed by atoms with E-state index in [0.29, 0.717) is 36.7 Å². The molecule has 0 bridgehead atoms. The molecule has 6 nitrogen and oxygen atoms in total. The first-order chi connectivity index (χ1) is 14.2. The summed E-state index contributed by atoms with van der Waals surface area (Å²) in [6.07, 6.45) is 4.51. The van der Waals surface area contributed by atoms with Gasteiger partial charge in [0.2, 0.25) is 5.91 Å². The maximum absolute atomic E-state index is 12.9. The van der Waals surface area contributed by atoms with Crippen LogP contribution in [0.5, 0.6) is 0 Å². The van der Waals surface area contributed by atoms with E-state index in [1.165, 1.54) is 0 Å². The van der Waals surface area contributed by atoms with E-state index in [0.717, 1.165) is 44.5 Å². The van der Waals surface area contributed by atoms with Crippen molar-refractivity contribution in [2.24, 2.45) is 11.3 Å². The summed E-state index contributed by atoms with van der Waals surface area (Å²) in [4.78, 5) is 27.7. The number of benzene rings is 1. The summed E-state index contributed by atoms with van der Waals surface area (Å²) in [6.45, 7) is 11.8. The number of methoxy groups -OCH3 is 1. The predicted octanol–water partition coefficient (Wildman–Crippen LogP) is 4.45. The summed E-state index contributed by atoms with van der Waals surface area (Å²) >= 11 is 0. The summed E-state index contributed by atoms with van der Waals surface area (Å²) < 4.78 is 5.05. The summed E-state index contributed by atoms with van der Waals surface area (Å²) in [5, 5.41) is 5.97. The Morgan fingerprint density at radius 1 is 1.20 bits per heavy atom. The molecule has 168 valence electrons. The van der Waals surface area contributed by atoms with Crippen molar-refractivity contribution in [2.45, 2.75) is 59.8 Å². The first-order valence-corrected chi connectivity index (χ1v) is 11.2. The highest BCUT2D eigenvalue weighted by Crippen LogP contribution is 2.29. The zero-order valence-electron chi connectivity index (χ0n) is 19.3. The molecule has 2 rings (SSSR count). The average Bonchev–Trinajstić information content (AvgIpc) is 3.17. The van der Waals surface area contributed by atoms with Gasteiger partial charge in [0.1, 0.15) is 0 Å². The highest BCUT2D eigenvalue weighted by atomic mass is 16.5. The number of carbonyl (C=O) groups is 2. The Kier molecular flexibility index (Phi) is 9.15. The molecule has 1 fully saturated rings. The van der Waals surface area contributed by atoms with Crippen molar-refractivity contribution in [1.82, 2.24) is 5.32 Å². The fourth-order valence-corrected chi connectivity index (χ4v) is 4.19. The van der Waals surface area contributed by atoms with Crippen LogP contribution in [0.1, 0.15) is 70.2 Å². The van der Waals surface area contributed by atoms with Crippen LogP contribution in [-0.2, 0) is 9.53 Å². The standard InChI is InChI=1S/C24H39N3O3/c1-18(17-24(2,3)4)15-22(28)26-19-9-10-21(27-12-6-7-13-27)20(16-19)23(29)25-11-8-14-30-5/h9-10,16,18H,6-8,11-15,17H2,1-5H3,(H,25,29)(H,26,28)/t18-/m0/s1. The number of rotatable bonds is 10. The highest BCUT2D eigenvalue weighted by Gasteiger charge is 2.21. The number of anilines is 2. The summed E-state index contributed by atoms with van der Waals surface area (Å²) in [5.74, 6) is 0.190. The largest absolute Gasteiger partial charge is 0.385 e. The predicted molar refractivity (Wildman–Crippen MR) is 123 cm³/mol. The Labute approximate surface area is 181 Å². The molecule has 1 saturated heterocycles. The van der Waals surface area contributed by atoms with Gasteiger partial charge in [-0.1, -0.05) is 27.7 Å². The third-order valence-corrected chi connectivity index (χ3v) is 5.28. The average molecular weight is 418 g/mol. The van der Waals surface area contributed by atoms with Crippen LogP contribution in [0, 0.1) is 11.3 Å². The molecule has 2 N–H and O–H groups in total. The molecule has 0 saturated carbocycles. The maximum atomic E-state index is 12.9. The van der Waals surface area contributed by atoms with Gasteiger partial charge in [0, 0.05) is 51.1 Å². The molecule has 0 spiro atoms. The van der Waals surface area contributed by atoms with Gasteiger partial charge in [0.05, 0.1) is 5.56 Å². The fourth-order valence-electron chi connectivity index (χ4n) is 4.19. The molecular weight excluding hydrogens is 378 g/mol. The molecule has 1 atom stereocenters. The van der Waals surface area contributed by atoms with Crippen LogP contribution in [-0.4, -0.2) is 45.2 Å². The van der Waals surface area contributed by atoms with Crippen LogP contribution in [0.4, 0.5) is 11.4 Å².